The minimum Gasteiger partial charge on any atom is -0.506 e. The van der Waals surface area contributed by atoms with Gasteiger partial charge in [-0.3, -0.25) is 0 Å². The average molecular weight is 400 g/mol. The SMILES string of the molecule is C=CC[C@H](N)c1c(Br)cc(Br)c(O)c1Br. The van der Waals surface area contributed by atoms with E-state index in [1.807, 2.05) is 0 Å². The van der Waals surface area contributed by atoms with Gasteiger partial charge in [0.1, 0.15) is 5.75 Å². The Hall–Kier alpha value is 0.160. The fourth-order valence-corrected chi connectivity index (χ4v) is 3.94. The quantitative estimate of drug-likeness (QED) is 0.746. The van der Waals surface area contributed by atoms with E-state index >= 15 is 0 Å². The van der Waals surface area contributed by atoms with Crippen molar-refractivity contribution in [3.8, 4) is 5.75 Å². The average Bonchev–Trinajstić information content (AvgIpc) is 2.15. The molecule has 0 bridgehead atoms. The van der Waals surface area contributed by atoms with Gasteiger partial charge in [-0.25, -0.2) is 0 Å². The largest absolute Gasteiger partial charge is 0.506 e. The van der Waals surface area contributed by atoms with Gasteiger partial charge in [-0.1, -0.05) is 22.0 Å². The summed E-state index contributed by atoms with van der Waals surface area (Å²) in [5.41, 5.74) is 6.81. The summed E-state index contributed by atoms with van der Waals surface area (Å²) in [5.74, 6) is 0.160. The number of benzene rings is 1. The monoisotopic (exact) mass is 397 g/mol. The number of halogens is 3. The molecule has 0 fully saturated rings. The van der Waals surface area contributed by atoms with E-state index in [1.54, 1.807) is 12.1 Å². The van der Waals surface area contributed by atoms with E-state index in [-0.39, 0.29) is 11.8 Å². The van der Waals surface area contributed by atoms with Gasteiger partial charge in [-0.2, -0.15) is 0 Å². The number of hydrogen-bond acceptors (Lipinski definition) is 2. The molecular weight excluding hydrogens is 390 g/mol. The summed E-state index contributed by atoms with van der Waals surface area (Å²) in [7, 11) is 0. The van der Waals surface area contributed by atoms with E-state index < -0.39 is 0 Å². The number of phenolic OH excluding ortho intramolecular Hbond substituents is 1. The van der Waals surface area contributed by atoms with Gasteiger partial charge >= 0.3 is 0 Å². The molecule has 1 aromatic rings. The predicted octanol–water partition coefficient (Wildman–Crippen LogP) is 4.26. The summed E-state index contributed by atoms with van der Waals surface area (Å²) in [5, 5.41) is 9.73. The summed E-state index contributed by atoms with van der Waals surface area (Å²) in [6, 6.07) is 1.59. The Balaban J connectivity index is 3.28. The molecule has 0 aliphatic rings. The highest BCUT2D eigenvalue weighted by atomic mass is 79.9. The zero-order valence-electron chi connectivity index (χ0n) is 7.80. The topological polar surface area (TPSA) is 46.2 Å². The highest BCUT2D eigenvalue weighted by Crippen LogP contribution is 2.42. The van der Waals surface area contributed by atoms with Gasteiger partial charge in [-0.15, -0.1) is 6.58 Å². The number of nitrogens with two attached hydrogens (primary N) is 1. The van der Waals surface area contributed by atoms with E-state index in [0.717, 1.165) is 10.0 Å². The Morgan fingerprint density at radius 2 is 2.00 bits per heavy atom. The highest BCUT2D eigenvalue weighted by Gasteiger charge is 2.17. The van der Waals surface area contributed by atoms with Gasteiger partial charge < -0.3 is 10.8 Å². The van der Waals surface area contributed by atoms with Crippen LogP contribution in [0.15, 0.2) is 32.1 Å². The van der Waals surface area contributed by atoms with Crippen LogP contribution in [-0.2, 0) is 0 Å². The first-order valence-electron chi connectivity index (χ1n) is 4.21. The molecule has 0 aromatic heterocycles. The first-order valence-corrected chi connectivity index (χ1v) is 6.59. The van der Waals surface area contributed by atoms with Gasteiger partial charge in [0.15, 0.2) is 0 Å². The smallest absolute Gasteiger partial charge is 0.144 e. The van der Waals surface area contributed by atoms with Crippen molar-refractivity contribution >= 4 is 47.8 Å². The molecule has 0 heterocycles. The Morgan fingerprint density at radius 1 is 1.40 bits per heavy atom. The lowest BCUT2D eigenvalue weighted by Gasteiger charge is -2.16. The lowest BCUT2D eigenvalue weighted by atomic mass is 10.0. The van der Waals surface area contributed by atoms with Crippen LogP contribution in [0.4, 0.5) is 0 Å². The minimum atomic E-state index is -0.190. The molecular formula is C10H10Br3NO. The van der Waals surface area contributed by atoms with Crippen molar-refractivity contribution in [3.05, 3.63) is 37.7 Å². The summed E-state index contributed by atoms with van der Waals surface area (Å²) in [6.45, 7) is 3.64. The lowest BCUT2D eigenvalue weighted by Crippen LogP contribution is -2.10. The molecule has 0 spiro atoms. The summed E-state index contributed by atoms with van der Waals surface area (Å²) in [4.78, 5) is 0. The van der Waals surface area contributed by atoms with Gasteiger partial charge in [-0.05, 0) is 44.3 Å². The number of phenols is 1. The number of hydrogen-bond donors (Lipinski definition) is 2. The van der Waals surface area contributed by atoms with Crippen LogP contribution in [0.1, 0.15) is 18.0 Å². The van der Waals surface area contributed by atoms with E-state index in [4.69, 9.17) is 5.73 Å². The van der Waals surface area contributed by atoms with Crippen LogP contribution in [0.5, 0.6) is 5.75 Å². The fraction of sp³-hybridized carbons (Fsp3) is 0.200. The van der Waals surface area contributed by atoms with Crippen molar-refractivity contribution < 1.29 is 5.11 Å². The van der Waals surface area contributed by atoms with Crippen molar-refractivity contribution in [2.75, 3.05) is 0 Å². The van der Waals surface area contributed by atoms with Crippen molar-refractivity contribution in [1.29, 1.82) is 0 Å². The zero-order valence-corrected chi connectivity index (χ0v) is 12.6. The fourth-order valence-electron chi connectivity index (χ4n) is 1.23. The molecule has 0 aliphatic carbocycles. The Kier molecular flexibility index (Phi) is 4.83. The highest BCUT2D eigenvalue weighted by molar-refractivity contribution is 9.11. The van der Waals surface area contributed by atoms with E-state index in [1.165, 1.54) is 0 Å². The molecule has 0 saturated carbocycles. The molecule has 1 aromatic carbocycles. The molecule has 2 nitrogen and oxygen atoms in total. The minimum absolute atomic E-state index is 0.160. The standard InChI is InChI=1S/C10H10Br3NO/c1-2-3-7(14)8-5(11)4-6(12)10(15)9(8)13/h2,4,7,15H,1,3,14H2/t7-/m0/s1. The lowest BCUT2D eigenvalue weighted by molar-refractivity contribution is 0.466. The first kappa shape index (κ1) is 13.2. The molecule has 1 rings (SSSR count). The molecule has 1 atom stereocenters. The van der Waals surface area contributed by atoms with E-state index in [9.17, 15) is 5.11 Å². The molecule has 5 heteroatoms. The normalized spacial score (nSPS) is 12.5. The predicted molar refractivity (Wildman–Crippen MR) is 72.9 cm³/mol. The van der Waals surface area contributed by atoms with Gasteiger partial charge in [0.05, 0.1) is 8.95 Å². The van der Waals surface area contributed by atoms with Crippen molar-refractivity contribution in [2.45, 2.75) is 12.5 Å². The molecule has 0 amide bonds. The number of aromatic hydroxyl groups is 1. The summed E-state index contributed by atoms with van der Waals surface area (Å²) >= 11 is 9.99. The van der Waals surface area contributed by atoms with Crippen molar-refractivity contribution in [3.63, 3.8) is 0 Å². The second kappa shape index (κ2) is 5.48. The molecule has 3 N–H and O–H groups in total. The second-order valence-corrected chi connectivity index (χ2v) is 5.55. The van der Waals surface area contributed by atoms with Gasteiger partial charge in [0.2, 0.25) is 0 Å². The van der Waals surface area contributed by atoms with Crippen LogP contribution in [0.25, 0.3) is 0 Å². The van der Waals surface area contributed by atoms with Crippen LogP contribution in [0, 0.1) is 0 Å². The van der Waals surface area contributed by atoms with Crippen molar-refractivity contribution in [1.82, 2.24) is 0 Å². The molecule has 0 saturated heterocycles. The van der Waals surface area contributed by atoms with Crippen LogP contribution in [-0.4, -0.2) is 5.11 Å². The van der Waals surface area contributed by atoms with E-state index in [2.05, 4.69) is 54.4 Å². The van der Waals surface area contributed by atoms with Crippen LogP contribution in [0.2, 0.25) is 0 Å². The number of rotatable bonds is 3. The maximum atomic E-state index is 9.73. The Labute approximate surface area is 114 Å². The van der Waals surface area contributed by atoms with Crippen LogP contribution in [0.3, 0.4) is 0 Å². The summed E-state index contributed by atoms with van der Waals surface area (Å²) < 4.78 is 2.09. The maximum Gasteiger partial charge on any atom is 0.144 e. The third kappa shape index (κ3) is 2.84. The van der Waals surface area contributed by atoms with Crippen molar-refractivity contribution in [2.24, 2.45) is 5.73 Å². The van der Waals surface area contributed by atoms with Crippen LogP contribution >= 0.6 is 47.8 Å². The zero-order chi connectivity index (χ0) is 11.6. The first-order chi connectivity index (χ1) is 6.99. The maximum absolute atomic E-state index is 9.73. The Morgan fingerprint density at radius 3 is 2.53 bits per heavy atom. The van der Waals surface area contributed by atoms with E-state index in [0.29, 0.717) is 15.4 Å². The van der Waals surface area contributed by atoms with Crippen LogP contribution < -0.4 is 5.73 Å². The molecule has 0 unspecified atom stereocenters. The van der Waals surface area contributed by atoms with Gasteiger partial charge in [0.25, 0.3) is 0 Å². The van der Waals surface area contributed by atoms with Gasteiger partial charge in [0, 0.05) is 16.1 Å². The molecule has 15 heavy (non-hydrogen) atoms. The summed E-state index contributed by atoms with van der Waals surface area (Å²) in [6.07, 6.45) is 2.40. The molecule has 0 aliphatic heterocycles. The third-order valence-corrected chi connectivity index (χ3v) is 4.04. The Bertz CT molecular complexity index is 393. The molecule has 82 valence electrons. The third-order valence-electron chi connectivity index (χ3n) is 1.97. The second-order valence-electron chi connectivity index (χ2n) is 3.05. The molecule has 0 radical (unpaired) electrons.